The number of unbranched alkanes of at least 4 members (excludes halogenated alkanes) is 2. The van der Waals surface area contributed by atoms with Crippen molar-refractivity contribution in [1.82, 2.24) is 4.72 Å². The van der Waals surface area contributed by atoms with Crippen LogP contribution in [0.15, 0.2) is 0 Å². The summed E-state index contributed by atoms with van der Waals surface area (Å²) in [5.41, 5.74) is 0. The lowest BCUT2D eigenvalue weighted by atomic mass is 9.91. The molecule has 1 N–H and O–H groups in total. The summed E-state index contributed by atoms with van der Waals surface area (Å²) in [5, 5.41) is 0. The second-order valence-corrected chi connectivity index (χ2v) is 7.16. The SMILES string of the molecule is O=S(=O)(CC1CCCCC1)NCCCCCCl. The third-order valence-electron chi connectivity index (χ3n) is 3.31. The maximum atomic E-state index is 11.8. The van der Waals surface area contributed by atoms with Gasteiger partial charge in [0.15, 0.2) is 0 Å². The summed E-state index contributed by atoms with van der Waals surface area (Å²) in [6.07, 6.45) is 8.65. The molecule has 0 heterocycles. The Morgan fingerprint density at radius 2 is 1.76 bits per heavy atom. The third kappa shape index (κ3) is 7.27. The molecule has 0 saturated heterocycles. The second kappa shape index (κ2) is 8.33. The van der Waals surface area contributed by atoms with Gasteiger partial charge in [0.2, 0.25) is 10.0 Å². The molecule has 0 aromatic rings. The molecule has 1 saturated carbocycles. The minimum atomic E-state index is -3.05. The van der Waals surface area contributed by atoms with Gasteiger partial charge in [0.05, 0.1) is 5.75 Å². The van der Waals surface area contributed by atoms with Crippen LogP contribution in [0.2, 0.25) is 0 Å². The minimum Gasteiger partial charge on any atom is -0.215 e. The van der Waals surface area contributed by atoms with Gasteiger partial charge >= 0.3 is 0 Å². The summed E-state index contributed by atoms with van der Waals surface area (Å²) >= 11 is 5.56. The van der Waals surface area contributed by atoms with Crippen LogP contribution in [0.3, 0.4) is 0 Å². The van der Waals surface area contributed by atoms with Gasteiger partial charge in [-0.2, -0.15) is 0 Å². The van der Waals surface area contributed by atoms with Crippen LogP contribution in [0.5, 0.6) is 0 Å². The molecule has 0 aromatic heterocycles. The molecule has 0 bridgehead atoms. The molecule has 0 aromatic carbocycles. The maximum absolute atomic E-state index is 11.8. The number of rotatable bonds is 8. The van der Waals surface area contributed by atoms with Gasteiger partial charge < -0.3 is 0 Å². The smallest absolute Gasteiger partial charge is 0.211 e. The van der Waals surface area contributed by atoms with Gasteiger partial charge in [-0.15, -0.1) is 11.6 Å². The summed E-state index contributed by atoms with van der Waals surface area (Å²) in [7, 11) is -3.05. The minimum absolute atomic E-state index is 0.322. The normalized spacial score (nSPS) is 18.4. The highest BCUT2D eigenvalue weighted by molar-refractivity contribution is 7.89. The molecule has 0 atom stereocenters. The van der Waals surface area contributed by atoms with E-state index < -0.39 is 10.0 Å². The second-order valence-electron chi connectivity index (χ2n) is 4.93. The number of nitrogens with one attached hydrogen (secondary N) is 1. The molecular formula is C12H24ClNO2S. The van der Waals surface area contributed by atoms with Gasteiger partial charge in [-0.25, -0.2) is 13.1 Å². The molecule has 0 spiro atoms. The first-order valence-electron chi connectivity index (χ1n) is 6.67. The summed E-state index contributed by atoms with van der Waals surface area (Å²) < 4.78 is 26.3. The summed E-state index contributed by atoms with van der Waals surface area (Å²) in [5.74, 6) is 1.36. The molecule has 17 heavy (non-hydrogen) atoms. The number of hydrogen-bond donors (Lipinski definition) is 1. The van der Waals surface area contributed by atoms with Crippen LogP contribution < -0.4 is 4.72 Å². The van der Waals surface area contributed by atoms with Crippen molar-refractivity contribution in [2.24, 2.45) is 5.92 Å². The molecule has 0 aliphatic heterocycles. The third-order valence-corrected chi connectivity index (χ3v) is 5.13. The van der Waals surface area contributed by atoms with E-state index in [4.69, 9.17) is 11.6 Å². The van der Waals surface area contributed by atoms with Crippen LogP contribution in [0.1, 0.15) is 51.4 Å². The fourth-order valence-corrected chi connectivity index (χ4v) is 4.06. The van der Waals surface area contributed by atoms with Gasteiger partial charge in [-0.05, 0) is 31.6 Å². The van der Waals surface area contributed by atoms with E-state index in [-0.39, 0.29) is 0 Å². The highest BCUT2D eigenvalue weighted by Gasteiger charge is 2.20. The van der Waals surface area contributed by atoms with Crippen molar-refractivity contribution in [1.29, 1.82) is 0 Å². The fraction of sp³-hybridized carbons (Fsp3) is 1.00. The molecule has 102 valence electrons. The average Bonchev–Trinajstić information content (AvgIpc) is 2.29. The van der Waals surface area contributed by atoms with Crippen molar-refractivity contribution in [3.8, 4) is 0 Å². The Labute approximate surface area is 110 Å². The largest absolute Gasteiger partial charge is 0.215 e. The predicted octanol–water partition coefficient (Wildman–Crippen LogP) is 2.90. The molecule has 0 radical (unpaired) electrons. The first kappa shape index (κ1) is 15.3. The molecule has 1 aliphatic carbocycles. The molecule has 5 heteroatoms. The molecule has 1 fully saturated rings. The first-order chi connectivity index (χ1) is 8.14. The van der Waals surface area contributed by atoms with Crippen LogP contribution in [0, 0.1) is 5.92 Å². The number of halogens is 1. The topological polar surface area (TPSA) is 46.2 Å². The van der Waals surface area contributed by atoms with Gasteiger partial charge in [-0.3, -0.25) is 0 Å². The van der Waals surface area contributed by atoms with Gasteiger partial charge in [0.25, 0.3) is 0 Å². The van der Waals surface area contributed by atoms with E-state index in [1.165, 1.54) is 19.3 Å². The maximum Gasteiger partial charge on any atom is 0.211 e. The number of alkyl halides is 1. The van der Waals surface area contributed by atoms with Gasteiger partial charge in [-0.1, -0.05) is 25.7 Å². The zero-order chi connectivity index (χ0) is 12.6. The lowest BCUT2D eigenvalue weighted by Crippen LogP contribution is -2.31. The highest BCUT2D eigenvalue weighted by atomic mass is 35.5. The van der Waals surface area contributed by atoms with Crippen molar-refractivity contribution >= 4 is 21.6 Å². The Morgan fingerprint density at radius 3 is 2.41 bits per heavy atom. The summed E-state index contributed by atoms with van der Waals surface area (Å²) in [6.45, 7) is 0.561. The van der Waals surface area contributed by atoms with Crippen LogP contribution in [0.25, 0.3) is 0 Å². The van der Waals surface area contributed by atoms with Gasteiger partial charge in [0.1, 0.15) is 0 Å². The first-order valence-corrected chi connectivity index (χ1v) is 8.86. The summed E-state index contributed by atoms with van der Waals surface area (Å²) in [6, 6.07) is 0. The Balaban J connectivity index is 2.16. The quantitative estimate of drug-likeness (QED) is 0.549. The van der Waals surface area contributed by atoms with E-state index in [1.54, 1.807) is 0 Å². The molecule has 1 aliphatic rings. The Morgan fingerprint density at radius 1 is 1.06 bits per heavy atom. The molecule has 1 rings (SSSR count). The van der Waals surface area contributed by atoms with Crippen molar-refractivity contribution in [3.63, 3.8) is 0 Å². The van der Waals surface area contributed by atoms with Crippen molar-refractivity contribution in [2.75, 3.05) is 18.2 Å². The highest BCUT2D eigenvalue weighted by Crippen LogP contribution is 2.24. The Bertz CT molecular complexity index is 287. The van der Waals surface area contributed by atoms with Crippen LogP contribution in [0.4, 0.5) is 0 Å². The average molecular weight is 282 g/mol. The van der Waals surface area contributed by atoms with Crippen LogP contribution in [-0.4, -0.2) is 26.6 Å². The Hall–Kier alpha value is 0.200. The van der Waals surface area contributed by atoms with Crippen molar-refractivity contribution < 1.29 is 8.42 Å². The van der Waals surface area contributed by atoms with E-state index in [9.17, 15) is 8.42 Å². The van der Waals surface area contributed by atoms with E-state index in [1.807, 2.05) is 0 Å². The zero-order valence-electron chi connectivity index (χ0n) is 10.5. The van der Waals surface area contributed by atoms with E-state index in [0.717, 1.165) is 32.1 Å². The van der Waals surface area contributed by atoms with E-state index in [0.29, 0.717) is 24.1 Å². The molecule has 3 nitrogen and oxygen atoms in total. The number of hydrogen-bond acceptors (Lipinski definition) is 2. The molecule has 0 amide bonds. The Kier molecular flexibility index (Phi) is 7.47. The standard InChI is InChI=1S/C12H24ClNO2S/c13-9-5-2-6-10-14-17(15,16)11-12-7-3-1-4-8-12/h12,14H,1-11H2. The summed E-state index contributed by atoms with van der Waals surface area (Å²) in [4.78, 5) is 0. The fourth-order valence-electron chi connectivity index (χ4n) is 2.35. The monoisotopic (exact) mass is 281 g/mol. The van der Waals surface area contributed by atoms with E-state index >= 15 is 0 Å². The number of sulfonamides is 1. The van der Waals surface area contributed by atoms with Crippen molar-refractivity contribution in [2.45, 2.75) is 51.4 Å². The van der Waals surface area contributed by atoms with Crippen LogP contribution in [-0.2, 0) is 10.0 Å². The molecule has 0 unspecified atom stereocenters. The lowest BCUT2D eigenvalue weighted by molar-refractivity contribution is 0.384. The van der Waals surface area contributed by atoms with E-state index in [2.05, 4.69) is 4.72 Å². The van der Waals surface area contributed by atoms with Crippen LogP contribution >= 0.6 is 11.6 Å². The predicted molar refractivity (Wildman–Crippen MR) is 72.9 cm³/mol. The molecular weight excluding hydrogens is 258 g/mol. The van der Waals surface area contributed by atoms with Crippen molar-refractivity contribution in [3.05, 3.63) is 0 Å². The lowest BCUT2D eigenvalue weighted by Gasteiger charge is -2.21. The zero-order valence-corrected chi connectivity index (χ0v) is 12.0. The van der Waals surface area contributed by atoms with Gasteiger partial charge in [0, 0.05) is 12.4 Å².